The van der Waals surface area contributed by atoms with E-state index in [9.17, 15) is 4.79 Å². The molecule has 0 bridgehead atoms. The van der Waals surface area contributed by atoms with Crippen molar-refractivity contribution in [1.29, 1.82) is 0 Å². The lowest BCUT2D eigenvalue weighted by Gasteiger charge is -2.25. The average Bonchev–Trinajstić information content (AvgIpc) is 2.96. The van der Waals surface area contributed by atoms with Crippen LogP contribution in [0.15, 0.2) is 97.8 Å². The Morgan fingerprint density at radius 2 is 0.630 bits per heavy atom. The van der Waals surface area contributed by atoms with Gasteiger partial charge < -0.3 is 0 Å². The van der Waals surface area contributed by atoms with Crippen molar-refractivity contribution < 1.29 is 4.79 Å². The van der Waals surface area contributed by atoms with Crippen LogP contribution in [-0.4, -0.2) is 18.1 Å². The van der Waals surface area contributed by atoms with Gasteiger partial charge in [-0.05, 0) is 108 Å². The zero-order valence-corrected chi connectivity index (χ0v) is 30.1. The van der Waals surface area contributed by atoms with E-state index in [0.29, 0.717) is 0 Å². The van der Waals surface area contributed by atoms with Gasteiger partial charge in [0.1, 0.15) is 0 Å². The highest BCUT2D eigenvalue weighted by atomic mass is 16.1. The maximum absolute atomic E-state index is 10.9. The van der Waals surface area contributed by atoms with Gasteiger partial charge in [0.25, 0.3) is 0 Å². The third-order valence-electron chi connectivity index (χ3n) is 8.63. The second-order valence-electron chi connectivity index (χ2n) is 15.6. The van der Waals surface area contributed by atoms with Gasteiger partial charge in [-0.1, -0.05) is 93.6 Å². The van der Waals surface area contributed by atoms with Gasteiger partial charge >= 0.3 is 0 Å². The van der Waals surface area contributed by atoms with Gasteiger partial charge in [-0.25, -0.2) is 24.8 Å². The molecular weight excluding hydrogens is 566 g/mol. The number of aliphatic imine (C=N–C) groups is 5. The number of hydrogen-bond donors (Lipinski definition) is 0. The first-order valence-corrected chi connectivity index (χ1v) is 15.9. The summed E-state index contributed by atoms with van der Waals surface area (Å²) in [6.07, 6.45) is 1.68. The predicted molar refractivity (Wildman–Crippen MR) is 191 cm³/mol. The molecule has 3 rings (SSSR count). The van der Waals surface area contributed by atoms with E-state index in [0.717, 1.165) is 27.8 Å². The SMILES string of the molecule is CC(C)(C)c1cccc(C(C)(C)N=C=NC(C)(C)c2cccc(C(C)(C)N=C=NC(C)(C)c3cccc(C(C)(C)N=C=O)c3)c2)c1. The minimum atomic E-state index is -0.670. The number of isocyanates is 1. The highest BCUT2D eigenvalue weighted by molar-refractivity contribution is 5.49. The molecule has 0 atom stereocenters. The second kappa shape index (κ2) is 13.3. The molecule has 0 aliphatic rings. The summed E-state index contributed by atoms with van der Waals surface area (Å²) in [7, 11) is 0. The molecule has 0 saturated heterocycles. The first-order chi connectivity index (χ1) is 21.1. The summed E-state index contributed by atoms with van der Waals surface area (Å²) in [6, 6.07) is 30.9. The first kappa shape index (κ1) is 36.3. The van der Waals surface area contributed by atoms with Crippen LogP contribution in [0.25, 0.3) is 0 Å². The van der Waals surface area contributed by atoms with Crippen LogP contribution >= 0.6 is 0 Å². The molecule has 6 heteroatoms. The summed E-state index contributed by atoms with van der Waals surface area (Å²) in [5.41, 5.74) is 3.59. The fourth-order valence-corrected chi connectivity index (χ4v) is 4.91. The Hall–Kier alpha value is -4.20. The van der Waals surface area contributed by atoms with Crippen molar-refractivity contribution in [3.8, 4) is 0 Å². The molecule has 0 aliphatic heterocycles. The smallest absolute Gasteiger partial charge is 0.215 e. The molecule has 0 heterocycles. The van der Waals surface area contributed by atoms with Crippen LogP contribution in [0, 0.1) is 0 Å². The number of nitrogens with zero attached hydrogens (tertiary/aromatic N) is 5. The first-order valence-electron chi connectivity index (χ1n) is 15.9. The molecule has 0 unspecified atom stereocenters. The summed E-state index contributed by atoms with van der Waals surface area (Å²) >= 11 is 0. The van der Waals surface area contributed by atoms with Crippen molar-refractivity contribution in [3.63, 3.8) is 0 Å². The minimum absolute atomic E-state index is 0.0638. The van der Waals surface area contributed by atoms with Crippen molar-refractivity contribution in [2.24, 2.45) is 25.0 Å². The maximum atomic E-state index is 10.9. The molecule has 6 nitrogen and oxygen atoms in total. The van der Waals surface area contributed by atoms with Gasteiger partial charge in [0.15, 0.2) is 0 Å². The summed E-state index contributed by atoms with van der Waals surface area (Å²) in [5.74, 6) is 0. The molecule has 0 fully saturated rings. The Balaban J connectivity index is 1.86. The predicted octanol–water partition coefficient (Wildman–Crippen LogP) is 10.2. The van der Waals surface area contributed by atoms with Gasteiger partial charge in [0.2, 0.25) is 6.08 Å². The highest BCUT2D eigenvalue weighted by Crippen LogP contribution is 2.33. The molecule has 0 radical (unpaired) electrons. The van der Waals surface area contributed by atoms with Crippen LogP contribution in [0.1, 0.15) is 123 Å². The Morgan fingerprint density at radius 3 is 0.891 bits per heavy atom. The van der Waals surface area contributed by atoms with E-state index >= 15 is 0 Å². The molecule has 0 saturated carbocycles. The van der Waals surface area contributed by atoms with Crippen molar-refractivity contribution in [1.82, 2.24) is 0 Å². The topological polar surface area (TPSA) is 78.9 Å². The summed E-state index contributed by atoms with van der Waals surface area (Å²) in [5, 5.41) is 0. The average molecular weight is 618 g/mol. The van der Waals surface area contributed by atoms with Gasteiger partial charge in [0.05, 0.1) is 39.7 Å². The molecular formula is C40H51N5O. The molecule has 242 valence electrons. The van der Waals surface area contributed by atoms with E-state index in [4.69, 9.17) is 20.0 Å². The lowest BCUT2D eigenvalue weighted by molar-refractivity contribution is 0.517. The third-order valence-corrected chi connectivity index (χ3v) is 8.63. The third kappa shape index (κ3) is 8.95. The van der Waals surface area contributed by atoms with Gasteiger partial charge in [-0.15, -0.1) is 0 Å². The van der Waals surface area contributed by atoms with E-state index in [1.54, 1.807) is 6.08 Å². The Morgan fingerprint density at radius 1 is 0.391 bits per heavy atom. The Bertz CT molecular complexity index is 1730. The number of rotatable bonds is 10. The quantitative estimate of drug-likeness (QED) is 0.165. The zero-order valence-electron chi connectivity index (χ0n) is 30.1. The van der Waals surface area contributed by atoms with E-state index in [1.165, 1.54) is 5.56 Å². The van der Waals surface area contributed by atoms with Crippen molar-refractivity contribution >= 4 is 18.1 Å². The van der Waals surface area contributed by atoms with Crippen molar-refractivity contribution in [2.75, 3.05) is 0 Å². The fraction of sp³-hybridized carbons (Fsp3) is 0.475. The largest absolute Gasteiger partial charge is 0.235 e. The molecule has 0 aromatic heterocycles. The highest BCUT2D eigenvalue weighted by Gasteiger charge is 2.27. The molecule has 3 aromatic carbocycles. The van der Waals surface area contributed by atoms with E-state index < -0.39 is 27.7 Å². The second-order valence-corrected chi connectivity index (χ2v) is 15.6. The minimum Gasteiger partial charge on any atom is -0.215 e. The molecule has 0 aliphatic carbocycles. The summed E-state index contributed by atoms with van der Waals surface area (Å²) in [6.45, 7) is 26.9. The standard InChI is InChI=1S/C40H51N5O/c1-35(2,3)29-17-14-18-30(23-29)36(4,5)41-26-42-37(6,7)31-19-15-20-32(24-31)38(8,9)43-27-44-39(10,11)33-21-16-22-34(25-33)40(12,13)45-28-46/h14-25H,1-13H3. The van der Waals surface area contributed by atoms with Crippen LogP contribution < -0.4 is 0 Å². The number of carbonyl (C=O) groups excluding carboxylic acids is 1. The van der Waals surface area contributed by atoms with Crippen LogP contribution in [0.2, 0.25) is 0 Å². The van der Waals surface area contributed by atoms with Gasteiger partial charge in [-0.2, -0.15) is 4.99 Å². The monoisotopic (exact) mass is 617 g/mol. The fourth-order valence-electron chi connectivity index (χ4n) is 4.91. The number of benzene rings is 3. The molecule has 3 aromatic rings. The van der Waals surface area contributed by atoms with Gasteiger partial charge in [0, 0.05) is 0 Å². The molecule has 46 heavy (non-hydrogen) atoms. The van der Waals surface area contributed by atoms with Crippen molar-refractivity contribution in [3.05, 3.63) is 106 Å². The zero-order chi connectivity index (χ0) is 34.6. The van der Waals surface area contributed by atoms with Crippen LogP contribution in [0.5, 0.6) is 0 Å². The van der Waals surface area contributed by atoms with Crippen LogP contribution in [0.3, 0.4) is 0 Å². The normalized spacial score (nSPS) is 12.7. The van der Waals surface area contributed by atoms with E-state index in [1.807, 2.05) is 71.9 Å². The molecule has 0 spiro atoms. The van der Waals surface area contributed by atoms with Gasteiger partial charge in [-0.3, -0.25) is 0 Å². The number of hydrogen-bond acceptors (Lipinski definition) is 6. The molecule has 0 amide bonds. The van der Waals surface area contributed by atoms with Crippen LogP contribution in [0.4, 0.5) is 0 Å². The lowest BCUT2D eigenvalue weighted by atomic mass is 9.83. The lowest BCUT2D eigenvalue weighted by Crippen LogP contribution is -2.19. The summed E-state index contributed by atoms with van der Waals surface area (Å²) < 4.78 is 0. The maximum Gasteiger partial charge on any atom is 0.235 e. The Labute approximate surface area is 276 Å². The molecule has 0 N–H and O–H groups in total. The van der Waals surface area contributed by atoms with Crippen LogP contribution in [-0.2, 0) is 37.9 Å². The van der Waals surface area contributed by atoms with E-state index in [2.05, 4.69) is 108 Å². The summed E-state index contributed by atoms with van der Waals surface area (Å²) in [4.78, 5) is 33.9. The Kier molecular flexibility index (Phi) is 10.5. The van der Waals surface area contributed by atoms with Crippen molar-refractivity contribution in [2.45, 2.75) is 123 Å². The van der Waals surface area contributed by atoms with E-state index in [-0.39, 0.29) is 5.41 Å².